The Labute approximate surface area is 152 Å². The van der Waals surface area contributed by atoms with Crippen molar-refractivity contribution in [3.05, 3.63) is 24.3 Å². The summed E-state index contributed by atoms with van der Waals surface area (Å²) in [7, 11) is -1.16. The molecular formula is C14H22ClN3O6S. The monoisotopic (exact) mass is 395 g/mol. The van der Waals surface area contributed by atoms with E-state index in [9.17, 15) is 18.0 Å². The summed E-state index contributed by atoms with van der Waals surface area (Å²) in [6.45, 7) is 0.600. The first-order valence-electron chi connectivity index (χ1n) is 7.05. The van der Waals surface area contributed by atoms with Crippen LogP contribution in [-0.2, 0) is 29.1 Å². The molecule has 11 heteroatoms. The molecule has 142 valence electrons. The van der Waals surface area contributed by atoms with Crippen LogP contribution in [0.4, 0.5) is 5.69 Å². The summed E-state index contributed by atoms with van der Waals surface area (Å²) in [5.41, 5.74) is 0.328. The van der Waals surface area contributed by atoms with E-state index in [1.807, 2.05) is 0 Å². The second-order valence-electron chi connectivity index (χ2n) is 4.65. The number of esters is 1. The van der Waals surface area contributed by atoms with Gasteiger partial charge in [-0.05, 0) is 18.2 Å². The number of nitrogens with one attached hydrogen (secondary N) is 3. The minimum Gasteiger partial charge on any atom is -0.468 e. The van der Waals surface area contributed by atoms with Gasteiger partial charge in [0.2, 0.25) is 15.9 Å². The van der Waals surface area contributed by atoms with E-state index in [1.165, 1.54) is 18.2 Å². The molecule has 0 saturated carbocycles. The highest BCUT2D eigenvalue weighted by atomic mass is 35.5. The smallest absolute Gasteiger partial charge is 0.320 e. The maximum atomic E-state index is 12.1. The molecule has 0 fully saturated rings. The molecule has 0 spiro atoms. The zero-order valence-corrected chi connectivity index (χ0v) is 15.5. The molecule has 0 aliphatic carbocycles. The molecule has 3 N–H and O–H groups in total. The molecule has 0 atom stereocenters. The largest absolute Gasteiger partial charge is 0.468 e. The predicted molar refractivity (Wildman–Crippen MR) is 94.3 cm³/mol. The van der Waals surface area contributed by atoms with E-state index in [1.54, 1.807) is 13.2 Å². The van der Waals surface area contributed by atoms with E-state index < -0.39 is 22.5 Å². The third-order valence-corrected chi connectivity index (χ3v) is 4.23. The number of sulfonamides is 1. The number of anilines is 1. The van der Waals surface area contributed by atoms with Crippen molar-refractivity contribution in [2.24, 2.45) is 0 Å². The van der Waals surface area contributed by atoms with Gasteiger partial charge in [-0.3, -0.25) is 9.59 Å². The molecule has 0 unspecified atom stereocenters. The van der Waals surface area contributed by atoms with Crippen LogP contribution >= 0.6 is 12.4 Å². The van der Waals surface area contributed by atoms with Crippen LogP contribution in [0.3, 0.4) is 0 Å². The topological polar surface area (TPSA) is 123 Å². The summed E-state index contributed by atoms with van der Waals surface area (Å²) in [6.07, 6.45) is 0. The number of hydrogen-bond donors (Lipinski definition) is 3. The quantitative estimate of drug-likeness (QED) is 0.368. The van der Waals surface area contributed by atoms with E-state index in [0.29, 0.717) is 18.8 Å². The van der Waals surface area contributed by atoms with Crippen LogP contribution in [-0.4, -0.2) is 60.8 Å². The molecule has 0 aliphatic heterocycles. The van der Waals surface area contributed by atoms with Gasteiger partial charge in [0.25, 0.3) is 0 Å². The Hall–Kier alpha value is -1.72. The second kappa shape index (κ2) is 11.8. The Morgan fingerprint density at radius 2 is 1.88 bits per heavy atom. The van der Waals surface area contributed by atoms with Gasteiger partial charge in [-0.25, -0.2) is 8.42 Å². The van der Waals surface area contributed by atoms with Crippen LogP contribution in [0, 0.1) is 0 Å². The van der Waals surface area contributed by atoms with Crippen LogP contribution in [0.1, 0.15) is 0 Å². The standard InChI is InChI=1S/C14H21N3O6S.ClH/c1-22-7-6-15-9-13(18)17-11-4-3-5-12(8-11)24(20,21)16-10-14(19)23-2;/h3-5,8,15-16H,6-7,9-10H2,1-2H3,(H,17,18);1H. The van der Waals surface area contributed by atoms with E-state index in [0.717, 1.165) is 7.11 Å². The highest BCUT2D eigenvalue weighted by Gasteiger charge is 2.16. The van der Waals surface area contributed by atoms with Gasteiger partial charge in [-0.15, -0.1) is 12.4 Å². The third kappa shape index (κ3) is 8.79. The fourth-order valence-electron chi connectivity index (χ4n) is 1.63. The van der Waals surface area contributed by atoms with E-state index >= 15 is 0 Å². The van der Waals surface area contributed by atoms with Gasteiger partial charge in [-0.2, -0.15) is 4.72 Å². The summed E-state index contributed by atoms with van der Waals surface area (Å²) in [6, 6.07) is 5.70. The molecule has 0 bridgehead atoms. The molecule has 1 amide bonds. The minimum atomic E-state index is -3.88. The normalized spacial score (nSPS) is 10.6. The highest BCUT2D eigenvalue weighted by molar-refractivity contribution is 7.89. The van der Waals surface area contributed by atoms with Crippen molar-refractivity contribution in [2.75, 3.05) is 45.8 Å². The SMILES string of the molecule is COCCNCC(=O)Nc1cccc(S(=O)(=O)NCC(=O)OC)c1.Cl. The maximum Gasteiger partial charge on any atom is 0.320 e. The number of carbonyl (C=O) groups is 2. The van der Waals surface area contributed by atoms with Gasteiger partial charge in [0.05, 0.1) is 25.2 Å². The van der Waals surface area contributed by atoms with E-state index in [-0.39, 0.29) is 29.8 Å². The molecule has 0 aromatic heterocycles. The molecule has 9 nitrogen and oxygen atoms in total. The lowest BCUT2D eigenvalue weighted by Gasteiger charge is -2.09. The first-order valence-corrected chi connectivity index (χ1v) is 8.53. The summed E-state index contributed by atoms with van der Waals surface area (Å²) < 4.78 is 35.5. The van der Waals surface area contributed by atoms with Crippen molar-refractivity contribution >= 4 is 40.0 Å². The average molecular weight is 396 g/mol. The molecule has 1 rings (SSSR count). The van der Waals surface area contributed by atoms with Crippen LogP contribution < -0.4 is 15.4 Å². The second-order valence-corrected chi connectivity index (χ2v) is 6.41. The number of rotatable bonds is 10. The average Bonchev–Trinajstić information content (AvgIpc) is 2.57. The summed E-state index contributed by atoms with van der Waals surface area (Å²) in [5, 5.41) is 5.45. The Bertz CT molecular complexity index is 668. The van der Waals surface area contributed by atoms with Gasteiger partial charge in [0.15, 0.2) is 0 Å². The number of benzene rings is 1. The molecule has 0 heterocycles. The van der Waals surface area contributed by atoms with Crippen molar-refractivity contribution < 1.29 is 27.5 Å². The molecule has 0 saturated heterocycles. The van der Waals surface area contributed by atoms with Crippen LogP contribution in [0.25, 0.3) is 0 Å². The Balaban J connectivity index is 0.00000576. The predicted octanol–water partition coefficient (Wildman–Crippen LogP) is -0.266. The van der Waals surface area contributed by atoms with Crippen molar-refractivity contribution in [1.82, 2.24) is 10.0 Å². The number of methoxy groups -OCH3 is 2. The van der Waals surface area contributed by atoms with Crippen molar-refractivity contribution in [3.63, 3.8) is 0 Å². The third-order valence-electron chi connectivity index (χ3n) is 2.83. The van der Waals surface area contributed by atoms with Crippen LogP contribution in [0.2, 0.25) is 0 Å². The van der Waals surface area contributed by atoms with Gasteiger partial charge in [0.1, 0.15) is 6.54 Å². The molecule has 1 aromatic carbocycles. The first-order chi connectivity index (χ1) is 11.4. The Kier molecular flexibility index (Phi) is 11.0. The fourth-order valence-corrected chi connectivity index (χ4v) is 2.65. The lowest BCUT2D eigenvalue weighted by Crippen LogP contribution is -2.31. The molecule has 25 heavy (non-hydrogen) atoms. The van der Waals surface area contributed by atoms with Crippen molar-refractivity contribution in [3.8, 4) is 0 Å². The number of amides is 1. The lowest BCUT2D eigenvalue weighted by molar-refractivity contribution is -0.139. The van der Waals surface area contributed by atoms with Crippen LogP contribution in [0.15, 0.2) is 29.2 Å². The fraction of sp³-hybridized carbons (Fsp3) is 0.429. The Morgan fingerprint density at radius 1 is 1.16 bits per heavy atom. The van der Waals surface area contributed by atoms with Gasteiger partial charge in [0, 0.05) is 19.3 Å². The zero-order valence-electron chi connectivity index (χ0n) is 13.9. The van der Waals surface area contributed by atoms with E-state index in [2.05, 4.69) is 20.1 Å². The number of hydrogen-bond acceptors (Lipinski definition) is 7. The number of carbonyl (C=O) groups excluding carboxylic acids is 2. The summed E-state index contributed by atoms with van der Waals surface area (Å²) in [5.74, 6) is -1.02. The minimum absolute atomic E-state index is 0. The van der Waals surface area contributed by atoms with Gasteiger partial charge < -0.3 is 20.1 Å². The molecule has 1 aromatic rings. The number of halogens is 1. The Morgan fingerprint density at radius 3 is 2.52 bits per heavy atom. The molecule has 0 radical (unpaired) electrons. The molecular weight excluding hydrogens is 374 g/mol. The van der Waals surface area contributed by atoms with Crippen LogP contribution in [0.5, 0.6) is 0 Å². The van der Waals surface area contributed by atoms with E-state index in [4.69, 9.17) is 4.74 Å². The zero-order chi connectivity index (χ0) is 18.0. The molecule has 0 aliphatic rings. The number of ether oxygens (including phenoxy) is 2. The summed E-state index contributed by atoms with van der Waals surface area (Å²) >= 11 is 0. The lowest BCUT2D eigenvalue weighted by atomic mass is 10.3. The highest BCUT2D eigenvalue weighted by Crippen LogP contribution is 2.15. The maximum absolute atomic E-state index is 12.1. The van der Waals surface area contributed by atoms with Crippen molar-refractivity contribution in [1.29, 1.82) is 0 Å². The summed E-state index contributed by atoms with van der Waals surface area (Å²) in [4.78, 5) is 22.7. The van der Waals surface area contributed by atoms with Crippen molar-refractivity contribution in [2.45, 2.75) is 4.90 Å². The van der Waals surface area contributed by atoms with Gasteiger partial charge in [-0.1, -0.05) is 6.07 Å². The first kappa shape index (κ1) is 23.3. The van der Waals surface area contributed by atoms with Gasteiger partial charge >= 0.3 is 5.97 Å².